The number of hydrogen-bond acceptors (Lipinski definition) is 2. The molecule has 0 saturated heterocycles. The smallest absolute Gasteiger partial charge is 0.328 e. The molecule has 104 valence electrons. The number of carbonyl (C=O) groups is 1. The molecule has 3 nitrogen and oxygen atoms in total. The number of benzene rings is 1. The van der Waals surface area contributed by atoms with Crippen LogP contribution in [-0.2, 0) is 4.79 Å². The highest BCUT2D eigenvalue weighted by Crippen LogP contribution is 2.26. The fraction of sp³-hybridized carbons (Fsp3) is 0.400. The van der Waals surface area contributed by atoms with E-state index in [0.717, 1.165) is 12.5 Å². The zero-order chi connectivity index (χ0) is 14.5. The molecule has 0 heterocycles. The first kappa shape index (κ1) is 15.6. The third kappa shape index (κ3) is 6.30. The predicted molar refractivity (Wildman–Crippen MR) is 77.7 cm³/mol. The van der Waals surface area contributed by atoms with Gasteiger partial charge in [0, 0.05) is 16.7 Å². The maximum absolute atomic E-state index is 10.6. The first-order chi connectivity index (χ1) is 8.78. The second-order valence-electron chi connectivity index (χ2n) is 5.51. The third-order valence-corrected chi connectivity index (χ3v) is 2.72. The minimum absolute atomic E-state index is 0.198. The van der Waals surface area contributed by atoms with Crippen LogP contribution in [0.2, 0.25) is 5.02 Å². The fourth-order valence-electron chi connectivity index (χ4n) is 1.41. The largest absolute Gasteiger partial charge is 0.493 e. The fourth-order valence-corrected chi connectivity index (χ4v) is 1.59. The molecule has 0 aliphatic rings. The zero-order valence-corrected chi connectivity index (χ0v) is 12.2. The van der Waals surface area contributed by atoms with Gasteiger partial charge in [0.25, 0.3) is 0 Å². The lowest BCUT2D eigenvalue weighted by Crippen LogP contribution is -2.11. The molecule has 0 amide bonds. The number of rotatable bonds is 5. The van der Waals surface area contributed by atoms with E-state index in [1.54, 1.807) is 18.2 Å². The van der Waals surface area contributed by atoms with Gasteiger partial charge in [-0.15, -0.1) is 0 Å². The Labute approximate surface area is 118 Å². The highest BCUT2D eigenvalue weighted by Gasteiger charge is 2.11. The number of carboxylic acid groups (broad SMARTS) is 1. The molecule has 0 atom stereocenters. The Morgan fingerprint density at radius 2 is 2.11 bits per heavy atom. The van der Waals surface area contributed by atoms with E-state index in [1.807, 2.05) is 0 Å². The first-order valence-electron chi connectivity index (χ1n) is 6.11. The molecule has 0 spiro atoms. The predicted octanol–water partition coefficient (Wildman–Crippen LogP) is 4.25. The summed E-state index contributed by atoms with van der Waals surface area (Å²) < 4.78 is 5.70. The van der Waals surface area contributed by atoms with Gasteiger partial charge in [-0.1, -0.05) is 32.4 Å². The summed E-state index contributed by atoms with van der Waals surface area (Å²) in [5.74, 6) is -0.355. The van der Waals surface area contributed by atoms with Gasteiger partial charge in [-0.05, 0) is 36.1 Å². The summed E-state index contributed by atoms with van der Waals surface area (Å²) in [6.07, 6.45) is 3.47. The summed E-state index contributed by atoms with van der Waals surface area (Å²) in [5, 5.41) is 9.21. The Bertz CT molecular complexity index is 473. The van der Waals surface area contributed by atoms with E-state index >= 15 is 0 Å². The topological polar surface area (TPSA) is 46.5 Å². The van der Waals surface area contributed by atoms with Gasteiger partial charge < -0.3 is 9.84 Å². The lowest BCUT2D eigenvalue weighted by atomic mass is 9.93. The molecular formula is C15H19ClO3. The summed E-state index contributed by atoms with van der Waals surface area (Å²) in [7, 11) is 0. The molecule has 0 aromatic heterocycles. The number of ether oxygens (including phenoxy) is 1. The molecular weight excluding hydrogens is 264 g/mol. The molecule has 0 saturated carbocycles. The monoisotopic (exact) mass is 282 g/mol. The maximum Gasteiger partial charge on any atom is 0.328 e. The summed E-state index contributed by atoms with van der Waals surface area (Å²) >= 11 is 5.90. The summed E-state index contributed by atoms with van der Waals surface area (Å²) in [6.45, 7) is 7.01. The number of carboxylic acids is 1. The maximum atomic E-state index is 10.6. The summed E-state index contributed by atoms with van der Waals surface area (Å²) in [6, 6.07) is 5.17. The van der Waals surface area contributed by atoms with Crippen molar-refractivity contribution in [1.29, 1.82) is 0 Å². The van der Waals surface area contributed by atoms with Crippen LogP contribution in [0.1, 0.15) is 32.8 Å². The van der Waals surface area contributed by atoms with Crippen LogP contribution in [0.5, 0.6) is 5.75 Å². The first-order valence-corrected chi connectivity index (χ1v) is 6.49. The van der Waals surface area contributed by atoms with E-state index < -0.39 is 5.97 Å². The average molecular weight is 283 g/mol. The van der Waals surface area contributed by atoms with Crippen molar-refractivity contribution in [2.24, 2.45) is 5.41 Å². The highest BCUT2D eigenvalue weighted by molar-refractivity contribution is 6.30. The van der Waals surface area contributed by atoms with Crippen LogP contribution in [0, 0.1) is 5.41 Å². The van der Waals surface area contributed by atoms with Crippen molar-refractivity contribution in [3.05, 3.63) is 34.9 Å². The highest BCUT2D eigenvalue weighted by atomic mass is 35.5. The lowest BCUT2D eigenvalue weighted by molar-refractivity contribution is -0.131. The van der Waals surface area contributed by atoms with Crippen molar-refractivity contribution in [2.45, 2.75) is 27.2 Å². The minimum Gasteiger partial charge on any atom is -0.493 e. The van der Waals surface area contributed by atoms with Crippen molar-refractivity contribution >= 4 is 23.6 Å². The van der Waals surface area contributed by atoms with Crippen LogP contribution in [0.4, 0.5) is 0 Å². The van der Waals surface area contributed by atoms with Crippen LogP contribution in [0.3, 0.4) is 0 Å². The van der Waals surface area contributed by atoms with Gasteiger partial charge in [-0.25, -0.2) is 4.79 Å². The van der Waals surface area contributed by atoms with Crippen molar-refractivity contribution in [3.8, 4) is 5.75 Å². The Hall–Kier alpha value is -1.48. The second-order valence-corrected chi connectivity index (χ2v) is 5.95. The van der Waals surface area contributed by atoms with E-state index in [-0.39, 0.29) is 5.41 Å². The lowest BCUT2D eigenvalue weighted by Gasteiger charge is -2.18. The van der Waals surface area contributed by atoms with Crippen LogP contribution >= 0.6 is 11.6 Å². The molecule has 1 N–H and O–H groups in total. The Morgan fingerprint density at radius 1 is 1.42 bits per heavy atom. The number of hydrogen-bond donors (Lipinski definition) is 1. The second kappa shape index (κ2) is 6.62. The van der Waals surface area contributed by atoms with Crippen LogP contribution in [0.25, 0.3) is 6.08 Å². The molecule has 1 rings (SSSR count). The third-order valence-electron chi connectivity index (χ3n) is 2.49. The van der Waals surface area contributed by atoms with E-state index in [9.17, 15) is 4.79 Å². The normalized spacial score (nSPS) is 11.8. The molecule has 0 bridgehead atoms. The van der Waals surface area contributed by atoms with Gasteiger partial charge in [0.1, 0.15) is 5.75 Å². The van der Waals surface area contributed by atoms with Gasteiger partial charge in [-0.3, -0.25) is 0 Å². The van der Waals surface area contributed by atoms with E-state index in [4.69, 9.17) is 21.4 Å². The van der Waals surface area contributed by atoms with Crippen molar-refractivity contribution in [1.82, 2.24) is 0 Å². The van der Waals surface area contributed by atoms with Gasteiger partial charge in [0.15, 0.2) is 0 Å². The van der Waals surface area contributed by atoms with E-state index in [1.165, 1.54) is 6.08 Å². The molecule has 0 radical (unpaired) electrons. The van der Waals surface area contributed by atoms with Gasteiger partial charge in [-0.2, -0.15) is 0 Å². The standard InChI is InChI=1S/C15H19ClO3/c1-15(2,3)8-9-19-13-6-5-12(16)10-11(13)4-7-14(17)18/h4-7,10H,8-9H2,1-3H3,(H,17,18)/b7-4+. The van der Waals surface area contributed by atoms with Crippen molar-refractivity contribution < 1.29 is 14.6 Å². The van der Waals surface area contributed by atoms with Crippen LogP contribution in [0.15, 0.2) is 24.3 Å². The van der Waals surface area contributed by atoms with Gasteiger partial charge in [0.05, 0.1) is 6.61 Å². The van der Waals surface area contributed by atoms with Crippen LogP contribution in [-0.4, -0.2) is 17.7 Å². The minimum atomic E-state index is -0.999. The average Bonchev–Trinajstić information content (AvgIpc) is 2.27. The summed E-state index contributed by atoms with van der Waals surface area (Å²) in [4.78, 5) is 10.6. The number of aliphatic carboxylic acids is 1. The Kier molecular flexibility index (Phi) is 5.43. The molecule has 0 aliphatic heterocycles. The SMILES string of the molecule is CC(C)(C)CCOc1ccc(Cl)cc1/C=C/C(=O)O. The molecule has 19 heavy (non-hydrogen) atoms. The molecule has 1 aromatic carbocycles. The Morgan fingerprint density at radius 3 is 2.68 bits per heavy atom. The number of halogens is 1. The Balaban J connectivity index is 2.79. The van der Waals surface area contributed by atoms with Gasteiger partial charge >= 0.3 is 5.97 Å². The summed E-state index contributed by atoms with van der Waals surface area (Å²) in [5.41, 5.74) is 0.868. The van der Waals surface area contributed by atoms with Gasteiger partial charge in [0.2, 0.25) is 0 Å². The molecule has 4 heteroatoms. The van der Waals surface area contributed by atoms with Crippen molar-refractivity contribution in [3.63, 3.8) is 0 Å². The molecule has 0 unspecified atom stereocenters. The molecule has 1 aromatic rings. The van der Waals surface area contributed by atoms with E-state index in [0.29, 0.717) is 22.9 Å². The van der Waals surface area contributed by atoms with Crippen LogP contribution < -0.4 is 4.74 Å². The molecule has 0 fully saturated rings. The van der Waals surface area contributed by atoms with Crippen molar-refractivity contribution in [2.75, 3.05) is 6.61 Å². The quantitative estimate of drug-likeness (QED) is 0.821. The zero-order valence-electron chi connectivity index (χ0n) is 11.4. The van der Waals surface area contributed by atoms with E-state index in [2.05, 4.69) is 20.8 Å². The molecule has 0 aliphatic carbocycles.